The van der Waals surface area contributed by atoms with Crippen molar-refractivity contribution in [3.05, 3.63) is 53.1 Å². The van der Waals surface area contributed by atoms with Gasteiger partial charge in [0.1, 0.15) is 6.54 Å². The first kappa shape index (κ1) is 21.6. The van der Waals surface area contributed by atoms with Crippen LogP contribution in [0, 0.1) is 13.8 Å². The molecule has 0 fully saturated rings. The number of amides is 1. The van der Waals surface area contributed by atoms with E-state index in [2.05, 4.69) is 5.32 Å². The Bertz CT molecular complexity index is 957. The number of ether oxygens (including phenoxy) is 2. The zero-order valence-electron chi connectivity index (χ0n) is 16.8. The summed E-state index contributed by atoms with van der Waals surface area (Å²) in [5.41, 5.74) is 3.11. The van der Waals surface area contributed by atoms with Crippen molar-refractivity contribution >= 4 is 21.6 Å². The maximum absolute atomic E-state index is 12.4. The molecule has 0 saturated carbocycles. The summed E-state index contributed by atoms with van der Waals surface area (Å²) in [6.07, 6.45) is 1.09. The number of anilines is 1. The number of aryl methyl sites for hydroxylation is 2. The number of nitrogens with zero attached hydrogens (tertiary/aromatic N) is 1. The van der Waals surface area contributed by atoms with Gasteiger partial charge in [0.05, 0.1) is 26.2 Å². The second kappa shape index (κ2) is 8.97. The Kier molecular flexibility index (Phi) is 6.90. The van der Waals surface area contributed by atoms with Crippen LogP contribution in [0.4, 0.5) is 5.69 Å². The van der Waals surface area contributed by atoms with Crippen LogP contribution in [-0.2, 0) is 21.4 Å². The average molecular weight is 407 g/mol. The molecule has 0 aromatic heterocycles. The van der Waals surface area contributed by atoms with E-state index in [0.29, 0.717) is 17.2 Å². The molecule has 0 spiro atoms. The van der Waals surface area contributed by atoms with Crippen molar-refractivity contribution in [1.82, 2.24) is 5.32 Å². The van der Waals surface area contributed by atoms with E-state index in [1.54, 1.807) is 31.4 Å². The lowest BCUT2D eigenvalue weighted by Crippen LogP contribution is -2.40. The summed E-state index contributed by atoms with van der Waals surface area (Å²) >= 11 is 0. The molecule has 8 heteroatoms. The number of sulfonamides is 1. The molecule has 152 valence electrons. The predicted molar refractivity (Wildman–Crippen MR) is 109 cm³/mol. The molecule has 0 heterocycles. The molecule has 0 radical (unpaired) electrons. The van der Waals surface area contributed by atoms with Crippen molar-refractivity contribution in [3.63, 3.8) is 0 Å². The molecule has 1 N–H and O–H groups in total. The first-order valence-corrected chi connectivity index (χ1v) is 10.5. The highest BCUT2D eigenvalue weighted by molar-refractivity contribution is 7.92. The van der Waals surface area contributed by atoms with E-state index < -0.39 is 15.9 Å². The summed E-state index contributed by atoms with van der Waals surface area (Å²) in [5.74, 6) is 0.748. The fraction of sp³-hybridized carbons (Fsp3) is 0.350. The number of benzene rings is 2. The zero-order valence-corrected chi connectivity index (χ0v) is 17.6. The van der Waals surface area contributed by atoms with Crippen LogP contribution < -0.4 is 19.1 Å². The molecule has 1 amide bonds. The minimum Gasteiger partial charge on any atom is -0.493 e. The van der Waals surface area contributed by atoms with E-state index in [-0.39, 0.29) is 13.1 Å². The minimum absolute atomic E-state index is 0.240. The highest BCUT2D eigenvalue weighted by Crippen LogP contribution is 2.27. The van der Waals surface area contributed by atoms with E-state index in [4.69, 9.17) is 9.47 Å². The van der Waals surface area contributed by atoms with Crippen molar-refractivity contribution in [2.45, 2.75) is 20.4 Å². The summed E-state index contributed by atoms with van der Waals surface area (Å²) in [4.78, 5) is 12.4. The first-order chi connectivity index (χ1) is 13.2. The topological polar surface area (TPSA) is 84.9 Å². The van der Waals surface area contributed by atoms with Gasteiger partial charge in [0.2, 0.25) is 15.9 Å². The van der Waals surface area contributed by atoms with Crippen LogP contribution in [-0.4, -0.2) is 41.3 Å². The number of hydrogen-bond acceptors (Lipinski definition) is 5. The summed E-state index contributed by atoms with van der Waals surface area (Å²) in [6.45, 7) is 3.69. The highest BCUT2D eigenvalue weighted by Gasteiger charge is 2.22. The molecular formula is C20H26N2O5S. The number of methoxy groups -OCH3 is 2. The average Bonchev–Trinajstić information content (AvgIpc) is 2.64. The fourth-order valence-electron chi connectivity index (χ4n) is 2.84. The molecule has 0 aliphatic heterocycles. The van der Waals surface area contributed by atoms with E-state index >= 15 is 0 Å². The number of nitrogens with one attached hydrogen (secondary N) is 1. The predicted octanol–water partition coefficient (Wildman–Crippen LogP) is 2.40. The molecule has 28 heavy (non-hydrogen) atoms. The summed E-state index contributed by atoms with van der Waals surface area (Å²) in [6, 6.07) is 10.7. The lowest BCUT2D eigenvalue weighted by Gasteiger charge is -2.24. The van der Waals surface area contributed by atoms with Gasteiger partial charge in [-0.15, -0.1) is 0 Å². The standard InChI is InChI=1S/C20H26N2O5S/c1-14-6-8-17(15(2)10-14)22(28(5,24)25)13-20(23)21-12-16-7-9-18(26-3)19(11-16)27-4/h6-11H,12-13H2,1-5H3,(H,21,23). The lowest BCUT2D eigenvalue weighted by atomic mass is 10.1. The van der Waals surface area contributed by atoms with Crippen LogP contribution in [0.15, 0.2) is 36.4 Å². The lowest BCUT2D eigenvalue weighted by molar-refractivity contribution is -0.119. The number of carbonyl (C=O) groups excluding carboxylic acids is 1. The van der Waals surface area contributed by atoms with E-state index in [1.165, 1.54) is 7.11 Å². The molecule has 0 unspecified atom stereocenters. The zero-order chi connectivity index (χ0) is 20.9. The third kappa shape index (κ3) is 5.39. The molecule has 0 atom stereocenters. The maximum atomic E-state index is 12.4. The highest BCUT2D eigenvalue weighted by atomic mass is 32.2. The Balaban J connectivity index is 2.12. The number of carbonyl (C=O) groups is 1. The third-order valence-corrected chi connectivity index (χ3v) is 5.37. The van der Waals surface area contributed by atoms with Crippen molar-refractivity contribution in [2.75, 3.05) is 31.3 Å². The molecule has 2 aromatic carbocycles. The van der Waals surface area contributed by atoms with E-state index in [9.17, 15) is 13.2 Å². The van der Waals surface area contributed by atoms with Crippen LogP contribution in [0.1, 0.15) is 16.7 Å². The van der Waals surface area contributed by atoms with Crippen molar-refractivity contribution < 1.29 is 22.7 Å². The van der Waals surface area contributed by atoms with Crippen LogP contribution in [0.3, 0.4) is 0 Å². The largest absolute Gasteiger partial charge is 0.493 e. The first-order valence-electron chi connectivity index (χ1n) is 8.68. The van der Waals surface area contributed by atoms with Crippen molar-refractivity contribution in [1.29, 1.82) is 0 Å². The van der Waals surface area contributed by atoms with Gasteiger partial charge in [-0.2, -0.15) is 0 Å². The van der Waals surface area contributed by atoms with E-state index in [1.807, 2.05) is 26.0 Å². The molecule has 2 aromatic rings. The van der Waals surface area contributed by atoms with Gasteiger partial charge in [-0.25, -0.2) is 8.42 Å². The molecular weight excluding hydrogens is 380 g/mol. The molecule has 0 aliphatic carbocycles. The molecule has 7 nitrogen and oxygen atoms in total. The van der Waals surface area contributed by atoms with Gasteiger partial charge < -0.3 is 14.8 Å². The third-order valence-electron chi connectivity index (χ3n) is 4.25. The number of rotatable bonds is 8. The van der Waals surface area contributed by atoms with Gasteiger partial charge in [0.15, 0.2) is 11.5 Å². The van der Waals surface area contributed by atoms with Crippen LogP contribution in [0.5, 0.6) is 11.5 Å². The van der Waals surface area contributed by atoms with Crippen LogP contribution in [0.25, 0.3) is 0 Å². The molecule has 0 saturated heterocycles. The van der Waals surface area contributed by atoms with E-state index in [0.717, 1.165) is 27.3 Å². The van der Waals surface area contributed by atoms with Gasteiger partial charge in [-0.1, -0.05) is 23.8 Å². The quantitative estimate of drug-likeness (QED) is 0.728. The van der Waals surface area contributed by atoms with Crippen molar-refractivity contribution in [2.24, 2.45) is 0 Å². The summed E-state index contributed by atoms with van der Waals surface area (Å²) < 4.78 is 36.1. The Labute approximate surface area is 166 Å². The van der Waals surface area contributed by atoms with Gasteiger partial charge in [-0.05, 0) is 43.2 Å². The second-order valence-corrected chi connectivity index (χ2v) is 8.43. The fourth-order valence-corrected chi connectivity index (χ4v) is 3.76. The minimum atomic E-state index is -3.62. The Morgan fingerprint density at radius 1 is 1.04 bits per heavy atom. The Morgan fingerprint density at radius 3 is 2.29 bits per heavy atom. The van der Waals surface area contributed by atoms with Gasteiger partial charge in [-0.3, -0.25) is 9.10 Å². The second-order valence-electron chi connectivity index (χ2n) is 6.53. The van der Waals surface area contributed by atoms with Crippen LogP contribution in [0.2, 0.25) is 0 Å². The van der Waals surface area contributed by atoms with Gasteiger partial charge in [0, 0.05) is 6.54 Å². The molecule has 2 rings (SSSR count). The summed E-state index contributed by atoms with van der Waals surface area (Å²) in [5, 5.41) is 2.75. The van der Waals surface area contributed by atoms with Gasteiger partial charge in [0.25, 0.3) is 0 Å². The van der Waals surface area contributed by atoms with Crippen molar-refractivity contribution in [3.8, 4) is 11.5 Å². The van der Waals surface area contributed by atoms with Crippen LogP contribution >= 0.6 is 0 Å². The Hall–Kier alpha value is -2.74. The molecule has 0 aliphatic rings. The molecule has 0 bridgehead atoms. The summed E-state index contributed by atoms with van der Waals surface area (Å²) in [7, 11) is -0.531. The number of hydrogen-bond donors (Lipinski definition) is 1. The smallest absolute Gasteiger partial charge is 0.241 e. The normalized spacial score (nSPS) is 11.0. The Morgan fingerprint density at radius 2 is 1.71 bits per heavy atom. The monoisotopic (exact) mass is 406 g/mol. The van der Waals surface area contributed by atoms with Gasteiger partial charge >= 0.3 is 0 Å². The maximum Gasteiger partial charge on any atom is 0.241 e. The SMILES string of the molecule is COc1ccc(CNC(=O)CN(c2ccc(C)cc2C)S(C)(=O)=O)cc1OC.